The third-order valence-electron chi connectivity index (χ3n) is 3.22. The lowest BCUT2D eigenvalue weighted by Crippen LogP contribution is -2.41. The van der Waals surface area contributed by atoms with Crippen LogP contribution in [0.25, 0.3) is 0 Å². The van der Waals surface area contributed by atoms with Gasteiger partial charge in [0.25, 0.3) is 0 Å². The Morgan fingerprint density at radius 1 is 1.16 bits per heavy atom. The van der Waals surface area contributed by atoms with Gasteiger partial charge < -0.3 is 5.32 Å². The van der Waals surface area contributed by atoms with Crippen LogP contribution < -0.4 is 9.62 Å². The predicted molar refractivity (Wildman–Crippen MR) is 107 cm³/mol. The van der Waals surface area contributed by atoms with Crippen LogP contribution >= 0.6 is 27.7 Å². The molecule has 2 aromatic carbocycles. The van der Waals surface area contributed by atoms with Crippen molar-refractivity contribution in [2.45, 2.75) is 4.90 Å². The molecule has 0 aliphatic carbocycles. The van der Waals surface area contributed by atoms with Gasteiger partial charge in [0, 0.05) is 21.7 Å². The minimum Gasteiger partial charge on any atom is -0.354 e. The molecular weight excluding hydrogens is 424 g/mol. The van der Waals surface area contributed by atoms with E-state index in [1.165, 1.54) is 0 Å². The van der Waals surface area contributed by atoms with Crippen molar-refractivity contribution in [3.8, 4) is 0 Å². The summed E-state index contributed by atoms with van der Waals surface area (Å²) in [5, 5.41) is 2.76. The molecule has 2 rings (SSSR count). The number of amides is 1. The maximum atomic E-state index is 12.1. The van der Waals surface area contributed by atoms with Gasteiger partial charge in [0.05, 0.1) is 11.9 Å². The monoisotopic (exact) mass is 442 g/mol. The number of carbonyl (C=O) groups is 1. The Kier molecular flexibility index (Phi) is 7.34. The Hall–Kier alpha value is -1.51. The standard InChI is InChI=1S/C17H19BrN2O3S2/c1-25(22,23)20(15-7-5-6-14(18)12-15)13-17(21)19-10-11-24-16-8-3-2-4-9-16/h2-9,12H,10-11,13H2,1H3,(H,19,21). The summed E-state index contributed by atoms with van der Waals surface area (Å²) in [5.74, 6) is 0.380. The van der Waals surface area contributed by atoms with Crippen LogP contribution in [0.5, 0.6) is 0 Å². The van der Waals surface area contributed by atoms with E-state index in [1.807, 2.05) is 30.3 Å². The van der Waals surface area contributed by atoms with Crippen LogP contribution in [0.3, 0.4) is 0 Å². The highest BCUT2D eigenvalue weighted by atomic mass is 79.9. The van der Waals surface area contributed by atoms with Gasteiger partial charge in [0.2, 0.25) is 15.9 Å². The number of nitrogens with zero attached hydrogens (tertiary/aromatic N) is 1. The number of hydrogen-bond donors (Lipinski definition) is 1. The molecule has 0 spiro atoms. The number of anilines is 1. The fourth-order valence-corrected chi connectivity index (χ4v) is 4.12. The zero-order valence-electron chi connectivity index (χ0n) is 13.7. The second-order valence-corrected chi connectivity index (χ2v) is 9.25. The molecule has 8 heteroatoms. The molecule has 1 N–H and O–H groups in total. The molecule has 0 atom stereocenters. The SMILES string of the molecule is CS(=O)(=O)N(CC(=O)NCCSc1ccccc1)c1cccc(Br)c1. The van der Waals surface area contributed by atoms with Crippen molar-refractivity contribution in [1.29, 1.82) is 0 Å². The van der Waals surface area contributed by atoms with Gasteiger partial charge in [0.15, 0.2) is 0 Å². The molecular formula is C17H19BrN2O3S2. The molecule has 25 heavy (non-hydrogen) atoms. The molecule has 0 aliphatic rings. The van der Waals surface area contributed by atoms with E-state index in [0.29, 0.717) is 18.0 Å². The molecule has 0 unspecified atom stereocenters. The molecule has 0 fully saturated rings. The molecule has 134 valence electrons. The maximum Gasteiger partial charge on any atom is 0.240 e. The Morgan fingerprint density at radius 3 is 2.52 bits per heavy atom. The summed E-state index contributed by atoms with van der Waals surface area (Å²) in [6, 6.07) is 16.7. The average molecular weight is 443 g/mol. The lowest BCUT2D eigenvalue weighted by molar-refractivity contribution is -0.119. The minimum absolute atomic E-state index is 0.245. The van der Waals surface area contributed by atoms with E-state index in [1.54, 1.807) is 36.0 Å². The van der Waals surface area contributed by atoms with Gasteiger partial charge in [-0.25, -0.2) is 8.42 Å². The van der Waals surface area contributed by atoms with Crippen molar-refractivity contribution in [1.82, 2.24) is 5.32 Å². The van der Waals surface area contributed by atoms with Gasteiger partial charge in [0.1, 0.15) is 6.54 Å². The average Bonchev–Trinajstić information content (AvgIpc) is 2.56. The van der Waals surface area contributed by atoms with Crippen LogP contribution in [0.2, 0.25) is 0 Å². The van der Waals surface area contributed by atoms with Crippen LogP contribution in [-0.4, -0.2) is 39.4 Å². The van der Waals surface area contributed by atoms with E-state index < -0.39 is 10.0 Å². The van der Waals surface area contributed by atoms with Crippen LogP contribution in [0.4, 0.5) is 5.69 Å². The van der Waals surface area contributed by atoms with Gasteiger partial charge in [-0.05, 0) is 30.3 Å². The van der Waals surface area contributed by atoms with E-state index in [4.69, 9.17) is 0 Å². The third kappa shape index (κ3) is 6.72. The molecule has 1 amide bonds. The molecule has 0 radical (unpaired) electrons. The highest BCUT2D eigenvalue weighted by molar-refractivity contribution is 9.10. The van der Waals surface area contributed by atoms with Crippen LogP contribution in [-0.2, 0) is 14.8 Å². The van der Waals surface area contributed by atoms with Crippen molar-refractivity contribution < 1.29 is 13.2 Å². The summed E-state index contributed by atoms with van der Waals surface area (Å²) < 4.78 is 25.9. The molecule has 0 saturated heterocycles. The van der Waals surface area contributed by atoms with Crippen LogP contribution in [0.1, 0.15) is 0 Å². The summed E-state index contributed by atoms with van der Waals surface area (Å²) >= 11 is 4.94. The number of hydrogen-bond acceptors (Lipinski definition) is 4. The van der Waals surface area contributed by atoms with E-state index in [-0.39, 0.29) is 12.5 Å². The van der Waals surface area contributed by atoms with Crippen molar-refractivity contribution in [3.63, 3.8) is 0 Å². The number of benzene rings is 2. The lowest BCUT2D eigenvalue weighted by atomic mass is 10.3. The van der Waals surface area contributed by atoms with Gasteiger partial charge in [-0.1, -0.05) is 40.2 Å². The number of nitrogens with one attached hydrogen (secondary N) is 1. The summed E-state index contributed by atoms with van der Waals surface area (Å²) in [6.07, 6.45) is 1.09. The topological polar surface area (TPSA) is 66.5 Å². The summed E-state index contributed by atoms with van der Waals surface area (Å²) in [4.78, 5) is 13.3. The molecule has 0 bridgehead atoms. The Morgan fingerprint density at radius 2 is 1.88 bits per heavy atom. The van der Waals surface area contributed by atoms with Crippen molar-refractivity contribution in [3.05, 3.63) is 59.1 Å². The second-order valence-electron chi connectivity index (χ2n) is 5.26. The highest BCUT2D eigenvalue weighted by Gasteiger charge is 2.20. The molecule has 5 nitrogen and oxygen atoms in total. The van der Waals surface area contributed by atoms with Gasteiger partial charge in [-0.2, -0.15) is 0 Å². The van der Waals surface area contributed by atoms with E-state index in [2.05, 4.69) is 21.2 Å². The first-order valence-corrected chi connectivity index (χ1v) is 11.2. The van der Waals surface area contributed by atoms with Crippen molar-refractivity contribution in [2.75, 3.05) is 29.4 Å². The highest BCUT2D eigenvalue weighted by Crippen LogP contribution is 2.22. The number of sulfonamides is 1. The second kappa shape index (κ2) is 9.26. The van der Waals surface area contributed by atoms with E-state index in [0.717, 1.165) is 19.9 Å². The summed E-state index contributed by atoms with van der Waals surface area (Å²) in [6.45, 7) is 0.222. The molecule has 2 aromatic rings. The molecule has 0 saturated carbocycles. The van der Waals surface area contributed by atoms with Crippen LogP contribution in [0, 0.1) is 0 Å². The largest absolute Gasteiger partial charge is 0.354 e. The summed E-state index contributed by atoms with van der Waals surface area (Å²) in [7, 11) is -3.56. The van der Waals surface area contributed by atoms with Crippen molar-refractivity contribution >= 4 is 49.3 Å². The number of thioether (sulfide) groups is 1. The van der Waals surface area contributed by atoms with Gasteiger partial charge in [-0.3, -0.25) is 9.10 Å². The third-order valence-corrected chi connectivity index (χ3v) is 5.87. The van der Waals surface area contributed by atoms with Crippen molar-refractivity contribution in [2.24, 2.45) is 0 Å². The maximum absolute atomic E-state index is 12.1. The fourth-order valence-electron chi connectivity index (χ4n) is 2.09. The Bertz CT molecular complexity index is 814. The Balaban J connectivity index is 1.89. The first-order chi connectivity index (χ1) is 11.9. The number of carbonyl (C=O) groups excluding carboxylic acids is 1. The van der Waals surface area contributed by atoms with Gasteiger partial charge in [-0.15, -0.1) is 11.8 Å². The van der Waals surface area contributed by atoms with Gasteiger partial charge >= 0.3 is 0 Å². The quantitative estimate of drug-likeness (QED) is 0.503. The van der Waals surface area contributed by atoms with Crippen LogP contribution in [0.15, 0.2) is 64.0 Å². The first-order valence-electron chi connectivity index (χ1n) is 7.54. The molecule has 0 aliphatic heterocycles. The Labute approximate surface area is 161 Å². The number of halogens is 1. The summed E-state index contributed by atoms with van der Waals surface area (Å²) in [5.41, 5.74) is 0.450. The zero-order valence-corrected chi connectivity index (χ0v) is 16.9. The molecule has 0 aromatic heterocycles. The zero-order chi connectivity index (χ0) is 18.3. The fraction of sp³-hybridized carbons (Fsp3) is 0.235. The lowest BCUT2D eigenvalue weighted by Gasteiger charge is -2.22. The van der Waals surface area contributed by atoms with E-state index in [9.17, 15) is 13.2 Å². The number of rotatable bonds is 8. The predicted octanol–water partition coefficient (Wildman–Crippen LogP) is 3.12. The normalized spacial score (nSPS) is 11.1. The first kappa shape index (κ1) is 19.8. The smallest absolute Gasteiger partial charge is 0.240 e. The minimum atomic E-state index is -3.56. The molecule has 0 heterocycles. The van der Waals surface area contributed by atoms with E-state index >= 15 is 0 Å².